The van der Waals surface area contributed by atoms with Crippen molar-refractivity contribution in [1.82, 2.24) is 39.7 Å². The molecule has 1 atom stereocenters. The third-order valence-electron chi connectivity index (χ3n) is 8.42. The van der Waals surface area contributed by atoms with E-state index in [1.807, 2.05) is 49.2 Å². The lowest BCUT2D eigenvalue weighted by Gasteiger charge is -2.38. The monoisotopic (exact) mass is 648 g/mol. The van der Waals surface area contributed by atoms with E-state index in [1.165, 1.54) is 0 Å². The van der Waals surface area contributed by atoms with Crippen molar-refractivity contribution < 1.29 is 14.2 Å². The van der Waals surface area contributed by atoms with E-state index in [-0.39, 0.29) is 6.10 Å². The van der Waals surface area contributed by atoms with Crippen molar-refractivity contribution in [2.45, 2.75) is 57.4 Å². The fourth-order valence-electron chi connectivity index (χ4n) is 5.99. The van der Waals surface area contributed by atoms with E-state index in [1.54, 1.807) is 23.1 Å². The molecule has 13 nitrogen and oxygen atoms in total. The van der Waals surface area contributed by atoms with Gasteiger partial charge in [0.25, 0.3) is 5.88 Å². The smallest absolute Gasteiger partial charge is 0.257 e. The summed E-state index contributed by atoms with van der Waals surface area (Å²) in [5.74, 6) is 1.47. The maximum atomic E-state index is 7.15. The van der Waals surface area contributed by atoms with Gasteiger partial charge < -0.3 is 24.8 Å². The number of ether oxygens (including phenoxy) is 3. The molecule has 6 rings (SSSR count). The van der Waals surface area contributed by atoms with Crippen molar-refractivity contribution in [3.63, 3.8) is 0 Å². The highest BCUT2D eigenvalue weighted by Crippen LogP contribution is 2.35. The number of nitrogens with one attached hydrogen (secondary N) is 3. The Bertz CT molecular complexity index is 1580. The second kappa shape index (κ2) is 14.9. The summed E-state index contributed by atoms with van der Waals surface area (Å²) in [6.45, 7) is 6.40. The molecule has 1 aromatic carbocycles. The molecular weight excluding hydrogens is 608 g/mol. The summed E-state index contributed by atoms with van der Waals surface area (Å²) in [6.07, 6.45) is 12.8. The van der Waals surface area contributed by atoms with Gasteiger partial charge in [0.2, 0.25) is 5.95 Å². The number of aryl methyl sites for hydroxylation is 1. The number of benzene rings is 1. The Hall–Kier alpha value is -4.20. The minimum atomic E-state index is -0.174. The van der Waals surface area contributed by atoms with Crippen LogP contribution in [0.5, 0.6) is 11.6 Å². The zero-order valence-corrected chi connectivity index (χ0v) is 27.0. The molecule has 14 heteroatoms. The van der Waals surface area contributed by atoms with Gasteiger partial charge in [-0.25, -0.2) is 9.97 Å². The van der Waals surface area contributed by atoms with Crippen molar-refractivity contribution >= 4 is 29.6 Å². The molecule has 1 aliphatic heterocycles. The predicted octanol–water partition coefficient (Wildman–Crippen LogP) is 4.83. The highest BCUT2D eigenvalue weighted by atomic mass is 35.5. The number of hydrogen-bond acceptors (Lipinski definition) is 10. The molecule has 4 heterocycles. The van der Waals surface area contributed by atoms with E-state index < -0.39 is 0 Å². The number of aromatic nitrogens is 6. The van der Waals surface area contributed by atoms with Gasteiger partial charge in [-0.2, -0.15) is 5.10 Å². The number of rotatable bonds is 13. The molecule has 0 radical (unpaired) electrons. The Morgan fingerprint density at radius 2 is 1.83 bits per heavy atom. The van der Waals surface area contributed by atoms with E-state index in [0.717, 1.165) is 75.1 Å². The van der Waals surface area contributed by atoms with Crippen molar-refractivity contribution in [2.75, 3.05) is 38.2 Å². The van der Waals surface area contributed by atoms with Gasteiger partial charge in [0.15, 0.2) is 0 Å². The van der Waals surface area contributed by atoms with E-state index in [9.17, 15) is 0 Å². The molecule has 46 heavy (non-hydrogen) atoms. The topological polar surface area (TPSA) is 140 Å². The first-order valence-corrected chi connectivity index (χ1v) is 16.1. The highest BCUT2D eigenvalue weighted by Gasteiger charge is 2.29. The van der Waals surface area contributed by atoms with E-state index in [2.05, 4.69) is 30.6 Å². The number of nitrogens with zero attached hydrogens (tertiary/aromatic N) is 7. The average molecular weight is 649 g/mol. The first-order chi connectivity index (χ1) is 22.4. The minimum Gasteiger partial charge on any atom is -0.487 e. The molecule has 1 saturated carbocycles. The summed E-state index contributed by atoms with van der Waals surface area (Å²) in [5.41, 5.74) is 3.21. The lowest BCUT2D eigenvalue weighted by atomic mass is 9.90. The molecular formula is C32H41ClN10O3. The first kappa shape index (κ1) is 31.8. The van der Waals surface area contributed by atoms with Crippen LogP contribution >= 0.6 is 11.6 Å². The molecule has 1 aliphatic carbocycles. The molecule has 2 aliphatic rings. The Morgan fingerprint density at radius 1 is 1.07 bits per heavy atom. The fourth-order valence-corrected chi connectivity index (χ4v) is 6.15. The molecule has 1 saturated heterocycles. The zero-order valence-electron chi connectivity index (χ0n) is 26.2. The Morgan fingerprint density at radius 3 is 2.54 bits per heavy atom. The maximum absolute atomic E-state index is 7.15. The molecule has 244 valence electrons. The Kier molecular flexibility index (Phi) is 10.3. The SMILES string of the molecule is C[C@@H](CNC=N)Oc1cc(-c2cnc(Nc3cn([C@H]4CC[C@H](N5CCOCC5)CC4)nc3OCc3ccn(C)n3)nc2)ccc1Cl. The van der Waals surface area contributed by atoms with Crippen LogP contribution in [0.15, 0.2) is 49.1 Å². The standard InChI is InChI=1S/C32H41ClN10O3/c1-22(16-35-21-34)46-30-15-23(3-8-28(30)33)24-17-36-32(37-18-24)38-29-19-43(40-31(29)45-20-25-9-10-41(2)39-25)27-6-4-26(5-7-27)42-11-13-44-14-12-42/h3,8-10,15,17-19,21-22,26-27H,4-7,11-14,16,20H2,1-2H3,(H2,34,35)(H,36,37,38)/t22-,26-,27-/m0/s1. The number of morpholine rings is 1. The van der Waals surface area contributed by atoms with Crippen LogP contribution in [0.3, 0.4) is 0 Å². The van der Waals surface area contributed by atoms with Gasteiger partial charge in [0.05, 0.1) is 49.1 Å². The molecule has 0 amide bonds. The largest absolute Gasteiger partial charge is 0.487 e. The molecule has 4 aromatic rings. The van der Waals surface area contributed by atoms with Crippen molar-refractivity contribution in [3.05, 3.63) is 59.8 Å². The minimum absolute atomic E-state index is 0.174. The molecule has 0 unspecified atom stereocenters. The summed E-state index contributed by atoms with van der Waals surface area (Å²) >= 11 is 6.40. The summed E-state index contributed by atoms with van der Waals surface area (Å²) in [7, 11) is 1.88. The van der Waals surface area contributed by atoms with Crippen LogP contribution in [0.1, 0.15) is 44.3 Å². The third-order valence-corrected chi connectivity index (χ3v) is 8.74. The quantitative estimate of drug-likeness (QED) is 0.136. The van der Waals surface area contributed by atoms with Gasteiger partial charge in [0.1, 0.15) is 24.1 Å². The van der Waals surface area contributed by atoms with Crippen molar-refractivity contribution in [1.29, 1.82) is 5.41 Å². The van der Waals surface area contributed by atoms with Gasteiger partial charge in [0, 0.05) is 50.3 Å². The van der Waals surface area contributed by atoms with Crippen LogP contribution in [-0.4, -0.2) is 85.8 Å². The van der Waals surface area contributed by atoms with Crippen LogP contribution in [0.25, 0.3) is 11.1 Å². The second-order valence-electron chi connectivity index (χ2n) is 11.8. The molecule has 2 fully saturated rings. The van der Waals surface area contributed by atoms with E-state index in [4.69, 9.17) is 36.3 Å². The molecule has 3 N–H and O–H groups in total. The summed E-state index contributed by atoms with van der Waals surface area (Å²) in [5, 5.41) is 23.1. The predicted molar refractivity (Wildman–Crippen MR) is 176 cm³/mol. The first-order valence-electron chi connectivity index (χ1n) is 15.8. The van der Waals surface area contributed by atoms with E-state index >= 15 is 0 Å². The third kappa shape index (κ3) is 7.95. The second-order valence-corrected chi connectivity index (χ2v) is 12.2. The number of anilines is 2. The summed E-state index contributed by atoms with van der Waals surface area (Å²) in [6, 6.07) is 8.40. The van der Waals surface area contributed by atoms with Gasteiger partial charge in [-0.15, -0.1) is 5.10 Å². The van der Waals surface area contributed by atoms with Crippen molar-refractivity contribution in [2.24, 2.45) is 7.05 Å². The van der Waals surface area contributed by atoms with Crippen LogP contribution in [0, 0.1) is 5.41 Å². The molecule has 0 bridgehead atoms. The number of hydrogen-bond donors (Lipinski definition) is 3. The van der Waals surface area contributed by atoms with Gasteiger partial charge in [-0.3, -0.25) is 19.7 Å². The lowest BCUT2D eigenvalue weighted by molar-refractivity contribution is 0.00502. The normalized spacial score (nSPS) is 19.4. The Labute approximate surface area is 273 Å². The summed E-state index contributed by atoms with van der Waals surface area (Å²) < 4.78 is 21.5. The van der Waals surface area contributed by atoms with Crippen molar-refractivity contribution in [3.8, 4) is 22.8 Å². The molecule has 3 aromatic heterocycles. The fraction of sp³-hybridized carbons (Fsp3) is 0.469. The Balaban J connectivity index is 1.15. The zero-order chi connectivity index (χ0) is 31.9. The van der Waals surface area contributed by atoms with Gasteiger partial charge in [-0.1, -0.05) is 17.7 Å². The van der Waals surface area contributed by atoms with E-state index in [0.29, 0.717) is 53.5 Å². The van der Waals surface area contributed by atoms with Gasteiger partial charge in [-0.05, 0) is 56.4 Å². The van der Waals surface area contributed by atoms with Crippen LogP contribution in [0.4, 0.5) is 11.6 Å². The molecule has 0 spiro atoms. The average Bonchev–Trinajstić information content (AvgIpc) is 3.70. The van der Waals surface area contributed by atoms with Crippen LogP contribution in [0.2, 0.25) is 5.02 Å². The van der Waals surface area contributed by atoms with Crippen LogP contribution in [-0.2, 0) is 18.4 Å². The van der Waals surface area contributed by atoms with Crippen LogP contribution < -0.4 is 20.1 Å². The highest BCUT2D eigenvalue weighted by molar-refractivity contribution is 6.32. The lowest BCUT2D eigenvalue weighted by Crippen LogP contribution is -2.45. The maximum Gasteiger partial charge on any atom is 0.257 e. The number of halogens is 1. The summed E-state index contributed by atoms with van der Waals surface area (Å²) in [4.78, 5) is 11.8. The van der Waals surface area contributed by atoms with Gasteiger partial charge >= 0.3 is 0 Å².